The molecule has 110 valence electrons. The maximum atomic E-state index is 5.59. The summed E-state index contributed by atoms with van der Waals surface area (Å²) in [5.74, 6) is 0.573. The smallest absolute Gasteiger partial charge is 0.145 e. The zero-order valence-electron chi connectivity index (χ0n) is 12.2. The summed E-state index contributed by atoms with van der Waals surface area (Å²) in [7, 11) is 3.46. The molecule has 1 heterocycles. The largest absolute Gasteiger partial charge is 0.383 e. The SMILES string of the molecule is COCCN(CCCn1ccc(N)n1)C(C)COC. The predicted molar refractivity (Wildman–Crippen MR) is 76.0 cm³/mol. The summed E-state index contributed by atoms with van der Waals surface area (Å²) in [4.78, 5) is 2.37. The Labute approximate surface area is 115 Å². The number of aryl methyl sites for hydroxylation is 1. The van der Waals surface area contributed by atoms with Gasteiger partial charge in [0.15, 0.2) is 0 Å². The molecule has 19 heavy (non-hydrogen) atoms. The fourth-order valence-corrected chi connectivity index (χ4v) is 2.05. The highest BCUT2D eigenvalue weighted by atomic mass is 16.5. The van der Waals surface area contributed by atoms with E-state index < -0.39 is 0 Å². The molecule has 1 unspecified atom stereocenters. The highest BCUT2D eigenvalue weighted by molar-refractivity contribution is 5.23. The molecule has 2 N–H and O–H groups in total. The molecular formula is C13H26N4O2. The van der Waals surface area contributed by atoms with Crippen molar-refractivity contribution in [2.75, 3.05) is 46.3 Å². The van der Waals surface area contributed by atoms with E-state index in [0.717, 1.165) is 39.3 Å². The van der Waals surface area contributed by atoms with Crippen LogP contribution >= 0.6 is 0 Å². The van der Waals surface area contributed by atoms with Gasteiger partial charge in [-0.1, -0.05) is 0 Å². The molecule has 1 rings (SSSR count). The number of nitrogens with two attached hydrogens (primary N) is 1. The lowest BCUT2D eigenvalue weighted by atomic mass is 10.2. The summed E-state index contributed by atoms with van der Waals surface area (Å²) >= 11 is 0. The summed E-state index contributed by atoms with van der Waals surface area (Å²) in [6.45, 7) is 6.43. The zero-order valence-corrected chi connectivity index (χ0v) is 12.2. The van der Waals surface area contributed by atoms with Gasteiger partial charge in [0, 0.05) is 46.1 Å². The minimum atomic E-state index is 0.392. The summed E-state index contributed by atoms with van der Waals surface area (Å²) in [5.41, 5.74) is 5.59. The molecule has 1 atom stereocenters. The van der Waals surface area contributed by atoms with Crippen molar-refractivity contribution in [3.05, 3.63) is 12.3 Å². The van der Waals surface area contributed by atoms with E-state index in [-0.39, 0.29) is 0 Å². The number of methoxy groups -OCH3 is 2. The van der Waals surface area contributed by atoms with Gasteiger partial charge in [-0.05, 0) is 19.4 Å². The quantitative estimate of drug-likeness (QED) is 0.682. The Morgan fingerprint density at radius 1 is 1.37 bits per heavy atom. The molecule has 0 aliphatic rings. The topological polar surface area (TPSA) is 65.5 Å². The van der Waals surface area contributed by atoms with Crippen molar-refractivity contribution in [3.8, 4) is 0 Å². The van der Waals surface area contributed by atoms with Gasteiger partial charge in [-0.25, -0.2) is 0 Å². The van der Waals surface area contributed by atoms with Gasteiger partial charge in [0.1, 0.15) is 5.82 Å². The number of hydrogen-bond acceptors (Lipinski definition) is 5. The van der Waals surface area contributed by atoms with Gasteiger partial charge in [0.25, 0.3) is 0 Å². The molecule has 1 aromatic rings. The number of nitrogens with zero attached hydrogens (tertiary/aromatic N) is 3. The predicted octanol–water partition coefficient (Wildman–Crippen LogP) is 0.839. The summed E-state index contributed by atoms with van der Waals surface area (Å²) < 4.78 is 12.2. The molecule has 0 aromatic carbocycles. The van der Waals surface area contributed by atoms with Crippen LogP contribution in [0.5, 0.6) is 0 Å². The van der Waals surface area contributed by atoms with E-state index in [0.29, 0.717) is 11.9 Å². The van der Waals surface area contributed by atoms with Crippen LogP contribution in [0.25, 0.3) is 0 Å². The molecule has 0 fully saturated rings. The van der Waals surface area contributed by atoms with Gasteiger partial charge in [-0.2, -0.15) is 5.10 Å². The minimum Gasteiger partial charge on any atom is -0.383 e. The fourth-order valence-electron chi connectivity index (χ4n) is 2.05. The average Bonchev–Trinajstić information content (AvgIpc) is 2.79. The summed E-state index contributed by atoms with van der Waals surface area (Å²) in [5, 5.41) is 4.18. The van der Waals surface area contributed by atoms with Crippen molar-refractivity contribution in [3.63, 3.8) is 0 Å². The van der Waals surface area contributed by atoms with E-state index in [1.54, 1.807) is 14.2 Å². The molecule has 0 amide bonds. The highest BCUT2D eigenvalue weighted by Gasteiger charge is 2.13. The number of ether oxygens (including phenoxy) is 2. The molecule has 1 aromatic heterocycles. The van der Waals surface area contributed by atoms with Gasteiger partial charge in [-0.15, -0.1) is 0 Å². The van der Waals surface area contributed by atoms with Gasteiger partial charge < -0.3 is 15.2 Å². The number of rotatable bonds is 10. The second-order valence-corrected chi connectivity index (χ2v) is 4.69. The van der Waals surface area contributed by atoms with Crippen LogP contribution in [0.4, 0.5) is 5.82 Å². The Morgan fingerprint density at radius 3 is 2.74 bits per heavy atom. The average molecular weight is 270 g/mol. The van der Waals surface area contributed by atoms with Crippen LogP contribution in [-0.4, -0.2) is 61.2 Å². The van der Waals surface area contributed by atoms with Gasteiger partial charge in [0.05, 0.1) is 13.2 Å². The van der Waals surface area contributed by atoms with Gasteiger partial charge in [-0.3, -0.25) is 9.58 Å². The van der Waals surface area contributed by atoms with Crippen molar-refractivity contribution in [1.29, 1.82) is 0 Å². The first-order valence-corrected chi connectivity index (χ1v) is 6.68. The molecule has 0 bridgehead atoms. The lowest BCUT2D eigenvalue weighted by Crippen LogP contribution is -2.39. The van der Waals surface area contributed by atoms with Crippen molar-refractivity contribution in [1.82, 2.24) is 14.7 Å². The number of nitrogen functional groups attached to an aromatic ring is 1. The normalized spacial score (nSPS) is 13.1. The van der Waals surface area contributed by atoms with Crippen molar-refractivity contribution in [2.45, 2.75) is 25.9 Å². The van der Waals surface area contributed by atoms with E-state index >= 15 is 0 Å². The first kappa shape index (κ1) is 15.9. The third-order valence-corrected chi connectivity index (χ3v) is 3.11. The first-order valence-electron chi connectivity index (χ1n) is 6.68. The number of anilines is 1. The maximum Gasteiger partial charge on any atom is 0.145 e. The standard InChI is InChI=1S/C13H26N4O2/c1-12(11-19-3)16(9-10-18-2)6-4-7-17-8-5-13(14)15-17/h5,8,12H,4,6-7,9-11H2,1-3H3,(H2,14,15). The third-order valence-electron chi connectivity index (χ3n) is 3.11. The fraction of sp³-hybridized carbons (Fsp3) is 0.769. The molecule has 6 nitrogen and oxygen atoms in total. The third kappa shape index (κ3) is 6.04. The second-order valence-electron chi connectivity index (χ2n) is 4.69. The molecule has 0 spiro atoms. The van der Waals surface area contributed by atoms with Crippen LogP contribution in [0.2, 0.25) is 0 Å². The molecule has 0 saturated heterocycles. The lowest BCUT2D eigenvalue weighted by Gasteiger charge is -2.28. The van der Waals surface area contributed by atoms with Crippen LogP contribution in [0.1, 0.15) is 13.3 Å². The highest BCUT2D eigenvalue weighted by Crippen LogP contribution is 2.03. The molecule has 6 heteroatoms. The van der Waals surface area contributed by atoms with Crippen molar-refractivity contribution >= 4 is 5.82 Å². The van der Waals surface area contributed by atoms with Crippen LogP contribution < -0.4 is 5.73 Å². The Bertz CT molecular complexity index is 343. The maximum absolute atomic E-state index is 5.59. The van der Waals surface area contributed by atoms with Crippen LogP contribution in [0, 0.1) is 0 Å². The Hall–Kier alpha value is -1.11. The van der Waals surface area contributed by atoms with Crippen LogP contribution in [0.3, 0.4) is 0 Å². The summed E-state index contributed by atoms with van der Waals surface area (Å²) in [6.07, 6.45) is 2.94. The van der Waals surface area contributed by atoms with E-state index in [1.807, 2.05) is 16.9 Å². The molecule has 0 radical (unpaired) electrons. The van der Waals surface area contributed by atoms with E-state index in [1.165, 1.54) is 0 Å². The molecule has 0 aliphatic heterocycles. The van der Waals surface area contributed by atoms with Gasteiger partial charge >= 0.3 is 0 Å². The number of hydrogen-bond donors (Lipinski definition) is 1. The van der Waals surface area contributed by atoms with Crippen LogP contribution in [0.15, 0.2) is 12.3 Å². The molecule has 0 aliphatic carbocycles. The molecule has 0 saturated carbocycles. The summed E-state index contributed by atoms with van der Waals surface area (Å²) in [6, 6.07) is 2.21. The Balaban J connectivity index is 2.34. The van der Waals surface area contributed by atoms with Crippen LogP contribution in [-0.2, 0) is 16.0 Å². The van der Waals surface area contributed by atoms with E-state index in [2.05, 4.69) is 16.9 Å². The Morgan fingerprint density at radius 2 is 2.16 bits per heavy atom. The lowest BCUT2D eigenvalue weighted by molar-refractivity contribution is 0.0735. The monoisotopic (exact) mass is 270 g/mol. The Kier molecular flexibility index (Phi) is 7.47. The van der Waals surface area contributed by atoms with Crippen molar-refractivity contribution < 1.29 is 9.47 Å². The van der Waals surface area contributed by atoms with Crippen molar-refractivity contribution in [2.24, 2.45) is 0 Å². The first-order chi connectivity index (χ1) is 9.17. The molecular weight excluding hydrogens is 244 g/mol. The number of aromatic nitrogens is 2. The van der Waals surface area contributed by atoms with Gasteiger partial charge in [0.2, 0.25) is 0 Å². The second kappa shape index (κ2) is 8.90. The minimum absolute atomic E-state index is 0.392. The zero-order chi connectivity index (χ0) is 14.1. The van der Waals surface area contributed by atoms with E-state index in [9.17, 15) is 0 Å². The van der Waals surface area contributed by atoms with E-state index in [4.69, 9.17) is 15.2 Å².